The smallest absolute Gasteiger partial charge is 0.191 e. The molecule has 0 radical (unpaired) electrons. The Bertz CT molecular complexity index is 697. The fourth-order valence-corrected chi connectivity index (χ4v) is 3.54. The lowest BCUT2D eigenvalue weighted by Crippen LogP contribution is -2.37. The van der Waals surface area contributed by atoms with E-state index in [-0.39, 0.29) is 24.0 Å². The van der Waals surface area contributed by atoms with Crippen LogP contribution in [0.4, 0.5) is 0 Å². The maximum atomic E-state index is 4.39. The van der Waals surface area contributed by atoms with Crippen LogP contribution in [0.5, 0.6) is 0 Å². The van der Waals surface area contributed by atoms with Crippen LogP contribution in [-0.2, 0) is 19.5 Å². The summed E-state index contributed by atoms with van der Waals surface area (Å²) in [5, 5.41) is 7.92. The van der Waals surface area contributed by atoms with Gasteiger partial charge in [-0.1, -0.05) is 38.1 Å². The van der Waals surface area contributed by atoms with Gasteiger partial charge in [-0.15, -0.1) is 35.3 Å². The number of hydrogen-bond acceptors (Lipinski definition) is 4. The fraction of sp³-hybridized carbons (Fsp3) is 0.500. The molecule has 5 nitrogen and oxygen atoms in total. The summed E-state index contributed by atoms with van der Waals surface area (Å²) in [4.78, 5) is 12.4. The lowest BCUT2D eigenvalue weighted by molar-refractivity contribution is 0.296. The van der Waals surface area contributed by atoms with Crippen molar-refractivity contribution in [3.63, 3.8) is 0 Å². The molecule has 0 saturated heterocycles. The van der Waals surface area contributed by atoms with Crippen LogP contribution in [-0.4, -0.2) is 42.5 Å². The third-order valence-corrected chi connectivity index (χ3v) is 5.25. The normalized spacial score (nSPS) is 11.4. The topological polar surface area (TPSA) is 52.5 Å². The van der Waals surface area contributed by atoms with Crippen LogP contribution in [0.2, 0.25) is 0 Å². The number of thiazole rings is 1. The Morgan fingerprint density at radius 1 is 1.19 bits per heavy atom. The minimum absolute atomic E-state index is 0. The van der Waals surface area contributed by atoms with Gasteiger partial charge in [0.05, 0.1) is 5.01 Å². The number of aromatic nitrogens is 1. The van der Waals surface area contributed by atoms with Crippen molar-refractivity contribution < 1.29 is 0 Å². The molecule has 2 N–H and O–H groups in total. The molecule has 0 saturated carbocycles. The average Bonchev–Trinajstić information content (AvgIpc) is 3.08. The monoisotopic (exact) mass is 501 g/mol. The predicted octanol–water partition coefficient (Wildman–Crippen LogP) is 3.82. The average molecular weight is 501 g/mol. The van der Waals surface area contributed by atoms with Gasteiger partial charge in [0.15, 0.2) is 5.96 Å². The molecule has 27 heavy (non-hydrogen) atoms. The van der Waals surface area contributed by atoms with Crippen molar-refractivity contribution in [3.05, 3.63) is 51.5 Å². The SMILES string of the molecule is CCN(CC)Cc1cccc(CNC(=NC)NCCc2ncc(C)s2)c1.I. The largest absolute Gasteiger partial charge is 0.356 e. The van der Waals surface area contributed by atoms with Gasteiger partial charge in [0.1, 0.15) is 0 Å². The highest BCUT2D eigenvalue weighted by atomic mass is 127. The molecule has 0 bridgehead atoms. The second kappa shape index (κ2) is 13.1. The lowest BCUT2D eigenvalue weighted by atomic mass is 10.1. The van der Waals surface area contributed by atoms with Crippen molar-refractivity contribution >= 4 is 41.3 Å². The Hall–Kier alpha value is -1.19. The number of rotatable bonds is 9. The van der Waals surface area contributed by atoms with E-state index in [0.717, 1.165) is 50.1 Å². The summed E-state index contributed by atoms with van der Waals surface area (Å²) >= 11 is 1.75. The number of aliphatic imine (C=N–C) groups is 1. The summed E-state index contributed by atoms with van der Waals surface area (Å²) in [7, 11) is 1.81. The summed E-state index contributed by atoms with van der Waals surface area (Å²) in [6.07, 6.45) is 2.84. The van der Waals surface area contributed by atoms with Crippen LogP contribution in [0.15, 0.2) is 35.5 Å². The summed E-state index contributed by atoms with van der Waals surface area (Å²) in [5.41, 5.74) is 2.63. The molecule has 0 aliphatic carbocycles. The molecule has 0 atom stereocenters. The highest BCUT2D eigenvalue weighted by Gasteiger charge is 2.04. The predicted molar refractivity (Wildman–Crippen MR) is 127 cm³/mol. The van der Waals surface area contributed by atoms with Crippen LogP contribution in [0.3, 0.4) is 0 Å². The van der Waals surface area contributed by atoms with Crippen molar-refractivity contribution in [1.29, 1.82) is 0 Å². The molecule has 1 heterocycles. The van der Waals surface area contributed by atoms with Gasteiger partial charge < -0.3 is 10.6 Å². The molecule has 0 spiro atoms. The van der Waals surface area contributed by atoms with Crippen LogP contribution in [0.1, 0.15) is 34.9 Å². The number of benzene rings is 1. The molecule has 1 aromatic heterocycles. The standard InChI is InChI=1S/C20H31N5S.HI/c1-5-25(6-2)15-18-9-7-8-17(12-18)14-24-20(21-4)22-11-10-19-23-13-16(3)26-19;/h7-9,12-13H,5-6,10-11,14-15H2,1-4H3,(H2,21,22,24);1H. The highest BCUT2D eigenvalue weighted by Crippen LogP contribution is 2.11. The third-order valence-electron chi connectivity index (χ3n) is 4.28. The van der Waals surface area contributed by atoms with Crippen LogP contribution < -0.4 is 10.6 Å². The molecule has 2 rings (SSSR count). The zero-order valence-electron chi connectivity index (χ0n) is 16.8. The molecule has 0 aliphatic rings. The molecule has 1 aromatic carbocycles. The second-order valence-electron chi connectivity index (χ2n) is 6.25. The Labute approximate surface area is 184 Å². The van der Waals surface area contributed by atoms with Gasteiger partial charge in [-0.3, -0.25) is 9.89 Å². The molecule has 150 valence electrons. The summed E-state index contributed by atoms with van der Waals surface area (Å²) in [5.74, 6) is 0.826. The number of halogens is 1. The Balaban J connectivity index is 0.00000364. The number of aryl methyl sites for hydroxylation is 1. The van der Waals surface area contributed by atoms with Crippen molar-refractivity contribution in [1.82, 2.24) is 20.5 Å². The second-order valence-corrected chi connectivity index (χ2v) is 7.57. The minimum Gasteiger partial charge on any atom is -0.356 e. The molecular formula is C20H32IN5S. The summed E-state index contributed by atoms with van der Waals surface area (Å²) in [6.45, 7) is 11.2. The van der Waals surface area contributed by atoms with Gasteiger partial charge >= 0.3 is 0 Å². The summed E-state index contributed by atoms with van der Waals surface area (Å²) in [6, 6.07) is 8.77. The first-order chi connectivity index (χ1) is 12.6. The van der Waals surface area contributed by atoms with Crippen molar-refractivity contribution in [2.75, 3.05) is 26.7 Å². The molecule has 0 aliphatic heterocycles. The van der Waals surface area contributed by atoms with Gasteiger partial charge in [0, 0.05) is 44.2 Å². The first-order valence-corrected chi connectivity index (χ1v) is 10.1. The first kappa shape index (κ1) is 23.8. The molecule has 2 aromatic rings. The number of nitrogens with one attached hydrogen (secondary N) is 2. The molecule has 0 amide bonds. The molecular weight excluding hydrogens is 469 g/mol. The Kier molecular flexibility index (Phi) is 11.5. The van der Waals surface area contributed by atoms with Gasteiger partial charge in [-0.05, 0) is 31.1 Å². The summed E-state index contributed by atoms with van der Waals surface area (Å²) < 4.78 is 0. The van der Waals surface area contributed by atoms with Gasteiger partial charge in [0.2, 0.25) is 0 Å². The van der Waals surface area contributed by atoms with E-state index in [1.54, 1.807) is 18.4 Å². The van der Waals surface area contributed by atoms with E-state index in [9.17, 15) is 0 Å². The van der Waals surface area contributed by atoms with Gasteiger partial charge in [0.25, 0.3) is 0 Å². The van der Waals surface area contributed by atoms with E-state index in [1.807, 2.05) is 6.20 Å². The number of hydrogen-bond donors (Lipinski definition) is 2. The van der Waals surface area contributed by atoms with Crippen molar-refractivity contribution in [2.45, 2.75) is 40.3 Å². The quantitative estimate of drug-likeness (QED) is 0.312. The maximum absolute atomic E-state index is 4.39. The van der Waals surface area contributed by atoms with Gasteiger partial charge in [-0.2, -0.15) is 0 Å². The maximum Gasteiger partial charge on any atom is 0.191 e. The molecule has 0 unspecified atom stereocenters. The van der Waals surface area contributed by atoms with E-state index in [2.05, 4.69) is 70.5 Å². The first-order valence-electron chi connectivity index (χ1n) is 9.30. The zero-order valence-corrected chi connectivity index (χ0v) is 19.9. The molecule has 7 heteroatoms. The minimum atomic E-state index is 0. The molecule has 0 fully saturated rings. The van der Waals surface area contributed by atoms with Crippen molar-refractivity contribution in [3.8, 4) is 0 Å². The van der Waals surface area contributed by atoms with E-state index in [1.165, 1.54) is 16.0 Å². The fourth-order valence-electron chi connectivity index (χ4n) is 2.75. The van der Waals surface area contributed by atoms with Crippen LogP contribution in [0, 0.1) is 6.92 Å². The van der Waals surface area contributed by atoms with E-state index in [0.29, 0.717) is 0 Å². The van der Waals surface area contributed by atoms with E-state index >= 15 is 0 Å². The lowest BCUT2D eigenvalue weighted by Gasteiger charge is -2.18. The Morgan fingerprint density at radius 3 is 2.56 bits per heavy atom. The third kappa shape index (κ3) is 8.57. The Morgan fingerprint density at radius 2 is 1.93 bits per heavy atom. The van der Waals surface area contributed by atoms with E-state index < -0.39 is 0 Å². The van der Waals surface area contributed by atoms with Crippen LogP contribution in [0.25, 0.3) is 0 Å². The van der Waals surface area contributed by atoms with E-state index in [4.69, 9.17) is 0 Å². The highest BCUT2D eigenvalue weighted by molar-refractivity contribution is 14.0. The van der Waals surface area contributed by atoms with Crippen molar-refractivity contribution in [2.24, 2.45) is 4.99 Å². The number of nitrogens with zero attached hydrogens (tertiary/aromatic N) is 3. The van der Waals surface area contributed by atoms with Crippen LogP contribution >= 0.6 is 35.3 Å². The zero-order chi connectivity index (χ0) is 18.8. The number of guanidine groups is 1. The van der Waals surface area contributed by atoms with Gasteiger partial charge in [-0.25, -0.2) is 4.98 Å².